The van der Waals surface area contributed by atoms with E-state index in [1.807, 2.05) is 29.9 Å². The van der Waals surface area contributed by atoms with Crippen LogP contribution in [0.5, 0.6) is 0 Å². The van der Waals surface area contributed by atoms with E-state index in [1.165, 1.54) is 42.6 Å². The Labute approximate surface area is 171 Å². The molecule has 3 rings (SSSR count). The number of hydrogen-bond donors (Lipinski definition) is 2. The lowest BCUT2D eigenvalue weighted by atomic mass is 10.3. The molecule has 3 aromatic rings. The van der Waals surface area contributed by atoms with Crippen molar-refractivity contribution in [3.8, 4) is 0 Å². The van der Waals surface area contributed by atoms with Crippen LogP contribution in [0.25, 0.3) is 0 Å². The minimum Gasteiger partial charge on any atom is -0.350 e. The minimum atomic E-state index is -4.03. The van der Waals surface area contributed by atoms with Gasteiger partial charge >= 0.3 is 0 Å². The number of halogens is 1. The summed E-state index contributed by atoms with van der Waals surface area (Å²) in [7, 11) is -2.20. The summed E-state index contributed by atoms with van der Waals surface area (Å²) in [6.07, 6.45) is 3.33. The third-order valence-electron chi connectivity index (χ3n) is 3.94. The SMILES string of the molecule is Cn1cccc1/C=N/Nc1ccc(S(=O)(=O)Nc2ccc(Cl)cc2)cc1[N+](=O)[O-]. The second-order valence-corrected chi connectivity index (χ2v) is 8.08. The maximum atomic E-state index is 12.6. The van der Waals surface area contributed by atoms with E-state index in [2.05, 4.69) is 15.2 Å². The number of aryl methyl sites for hydroxylation is 1. The van der Waals surface area contributed by atoms with Crippen LogP contribution in [-0.2, 0) is 17.1 Å². The van der Waals surface area contributed by atoms with Crippen LogP contribution in [0.4, 0.5) is 17.1 Å². The lowest BCUT2D eigenvalue weighted by Crippen LogP contribution is -2.13. The average Bonchev–Trinajstić information content (AvgIpc) is 3.08. The van der Waals surface area contributed by atoms with Crippen LogP contribution in [0.2, 0.25) is 5.02 Å². The van der Waals surface area contributed by atoms with Gasteiger partial charge in [0.25, 0.3) is 15.7 Å². The second kappa shape index (κ2) is 8.33. The summed E-state index contributed by atoms with van der Waals surface area (Å²) in [5.74, 6) is 0. The Bertz CT molecular complexity index is 1170. The lowest BCUT2D eigenvalue weighted by molar-refractivity contribution is -0.384. The molecule has 29 heavy (non-hydrogen) atoms. The standard InChI is InChI=1S/C18H16ClN5O4S/c1-23-10-2-3-15(23)12-20-21-17-9-8-16(11-18(17)24(25)26)29(27,28)22-14-6-4-13(19)5-7-14/h2-12,21-22H,1H3/b20-12+. The highest BCUT2D eigenvalue weighted by atomic mass is 35.5. The fourth-order valence-electron chi connectivity index (χ4n) is 2.43. The zero-order valence-corrected chi connectivity index (χ0v) is 16.7. The van der Waals surface area contributed by atoms with Gasteiger partial charge in [0, 0.05) is 30.0 Å². The molecule has 0 saturated carbocycles. The van der Waals surface area contributed by atoms with Gasteiger partial charge in [0.05, 0.1) is 21.7 Å². The molecule has 1 heterocycles. The predicted molar refractivity (Wildman–Crippen MR) is 112 cm³/mol. The number of anilines is 2. The van der Waals surface area contributed by atoms with Crippen molar-refractivity contribution in [1.82, 2.24) is 4.57 Å². The summed E-state index contributed by atoms with van der Waals surface area (Å²) < 4.78 is 29.3. The van der Waals surface area contributed by atoms with Crippen molar-refractivity contribution in [2.75, 3.05) is 10.1 Å². The molecule has 0 aliphatic heterocycles. The first kappa shape index (κ1) is 20.4. The smallest absolute Gasteiger partial charge is 0.295 e. The summed E-state index contributed by atoms with van der Waals surface area (Å²) in [6.45, 7) is 0. The summed E-state index contributed by atoms with van der Waals surface area (Å²) in [4.78, 5) is 10.5. The van der Waals surface area contributed by atoms with Crippen LogP contribution in [0.15, 0.2) is 70.8 Å². The Kier molecular flexibility index (Phi) is 5.85. The fraction of sp³-hybridized carbons (Fsp3) is 0.0556. The molecule has 0 bridgehead atoms. The van der Waals surface area contributed by atoms with Crippen LogP contribution in [0.3, 0.4) is 0 Å². The van der Waals surface area contributed by atoms with Gasteiger partial charge in [0.2, 0.25) is 0 Å². The number of aromatic nitrogens is 1. The lowest BCUT2D eigenvalue weighted by Gasteiger charge is -2.09. The number of nitrogens with one attached hydrogen (secondary N) is 2. The number of hydrazone groups is 1. The van der Waals surface area contributed by atoms with Crippen LogP contribution in [0.1, 0.15) is 5.69 Å². The molecule has 2 aromatic carbocycles. The van der Waals surface area contributed by atoms with E-state index in [4.69, 9.17) is 11.6 Å². The molecule has 0 amide bonds. The summed E-state index contributed by atoms with van der Waals surface area (Å²) >= 11 is 5.78. The van der Waals surface area contributed by atoms with Crippen LogP contribution in [-0.4, -0.2) is 24.1 Å². The van der Waals surface area contributed by atoms with Crippen LogP contribution in [0, 0.1) is 10.1 Å². The second-order valence-electron chi connectivity index (χ2n) is 5.96. The maximum absolute atomic E-state index is 12.6. The molecule has 0 atom stereocenters. The van der Waals surface area contributed by atoms with Crippen LogP contribution >= 0.6 is 11.6 Å². The Morgan fingerprint density at radius 2 is 1.90 bits per heavy atom. The van der Waals surface area contributed by atoms with Gasteiger partial charge in [0.1, 0.15) is 5.69 Å². The number of nitro benzene ring substituents is 1. The van der Waals surface area contributed by atoms with E-state index in [-0.39, 0.29) is 16.3 Å². The summed E-state index contributed by atoms with van der Waals surface area (Å²) in [6, 6.07) is 13.2. The molecule has 0 aliphatic rings. The van der Waals surface area contributed by atoms with Crippen molar-refractivity contribution < 1.29 is 13.3 Å². The number of sulfonamides is 1. The molecule has 0 radical (unpaired) electrons. The van der Waals surface area contributed by atoms with E-state index in [0.717, 1.165) is 11.8 Å². The Balaban J connectivity index is 1.85. The van der Waals surface area contributed by atoms with E-state index in [0.29, 0.717) is 5.02 Å². The maximum Gasteiger partial charge on any atom is 0.295 e. The van der Waals surface area contributed by atoms with E-state index in [9.17, 15) is 18.5 Å². The minimum absolute atomic E-state index is 0.0610. The molecule has 0 spiro atoms. The molecule has 0 fully saturated rings. The van der Waals surface area contributed by atoms with Gasteiger partial charge in [-0.1, -0.05) is 11.6 Å². The van der Waals surface area contributed by atoms with Gasteiger partial charge in [-0.15, -0.1) is 0 Å². The normalized spacial score (nSPS) is 11.5. The largest absolute Gasteiger partial charge is 0.350 e. The van der Waals surface area contributed by atoms with Gasteiger partial charge in [-0.25, -0.2) is 8.42 Å². The first-order valence-electron chi connectivity index (χ1n) is 8.23. The molecule has 1 aromatic heterocycles. The third-order valence-corrected chi connectivity index (χ3v) is 5.57. The average molecular weight is 434 g/mol. The Morgan fingerprint density at radius 3 is 2.52 bits per heavy atom. The molecule has 150 valence electrons. The van der Waals surface area contributed by atoms with Gasteiger partial charge in [-0.2, -0.15) is 5.10 Å². The van der Waals surface area contributed by atoms with Gasteiger partial charge in [-0.3, -0.25) is 20.3 Å². The van der Waals surface area contributed by atoms with Crippen molar-refractivity contribution >= 4 is 44.9 Å². The van der Waals surface area contributed by atoms with E-state index in [1.54, 1.807) is 0 Å². The third kappa shape index (κ3) is 4.92. The van der Waals surface area contributed by atoms with E-state index >= 15 is 0 Å². The summed E-state index contributed by atoms with van der Waals surface area (Å²) in [5, 5.41) is 15.9. The molecule has 0 unspecified atom stereocenters. The predicted octanol–water partition coefficient (Wildman–Crippen LogP) is 3.83. The molecule has 2 N–H and O–H groups in total. The van der Waals surface area contributed by atoms with Crippen molar-refractivity contribution in [2.24, 2.45) is 12.1 Å². The number of nitro groups is 1. The number of rotatable bonds is 7. The number of hydrogen-bond acceptors (Lipinski definition) is 6. The molecule has 0 saturated heterocycles. The van der Waals surface area contributed by atoms with Crippen LogP contribution < -0.4 is 10.1 Å². The highest BCUT2D eigenvalue weighted by Gasteiger charge is 2.21. The molecule has 0 aliphatic carbocycles. The Morgan fingerprint density at radius 1 is 1.17 bits per heavy atom. The first-order valence-corrected chi connectivity index (χ1v) is 10.1. The fourth-order valence-corrected chi connectivity index (χ4v) is 3.64. The van der Waals surface area contributed by atoms with Gasteiger partial charge < -0.3 is 4.57 Å². The number of benzene rings is 2. The Hall–Kier alpha value is -3.37. The van der Waals surface area contributed by atoms with E-state index < -0.39 is 20.6 Å². The van der Waals surface area contributed by atoms with Crippen molar-refractivity contribution in [2.45, 2.75) is 4.90 Å². The summed E-state index contributed by atoms with van der Waals surface area (Å²) in [5.41, 5.74) is 3.28. The molecule has 9 nitrogen and oxygen atoms in total. The van der Waals surface area contributed by atoms with Gasteiger partial charge in [0.15, 0.2) is 0 Å². The monoisotopic (exact) mass is 433 g/mol. The highest BCUT2D eigenvalue weighted by Crippen LogP contribution is 2.28. The van der Waals surface area contributed by atoms with Gasteiger partial charge in [-0.05, 0) is 48.5 Å². The quantitative estimate of drug-likeness (QED) is 0.333. The molecular formula is C18H16ClN5O4S. The molecule has 11 heteroatoms. The number of nitrogens with zero attached hydrogens (tertiary/aromatic N) is 3. The first-order chi connectivity index (χ1) is 13.8. The molecular weight excluding hydrogens is 418 g/mol. The van der Waals surface area contributed by atoms with Crippen molar-refractivity contribution in [3.05, 3.63) is 81.6 Å². The van der Waals surface area contributed by atoms with Crippen molar-refractivity contribution in [3.63, 3.8) is 0 Å². The topological polar surface area (TPSA) is 119 Å². The zero-order valence-electron chi connectivity index (χ0n) is 15.1. The van der Waals surface area contributed by atoms with Crippen molar-refractivity contribution in [1.29, 1.82) is 0 Å². The highest BCUT2D eigenvalue weighted by molar-refractivity contribution is 7.92. The zero-order chi connectivity index (χ0) is 21.0.